The number of thioether (sulfide) groups is 1. The van der Waals surface area contributed by atoms with Crippen molar-refractivity contribution in [2.24, 2.45) is 0 Å². The van der Waals surface area contributed by atoms with Gasteiger partial charge in [-0.3, -0.25) is 15.0 Å². The maximum absolute atomic E-state index is 13.3. The van der Waals surface area contributed by atoms with Gasteiger partial charge in [0.15, 0.2) is 4.32 Å². The fourth-order valence-corrected chi connectivity index (χ4v) is 5.84. The summed E-state index contributed by atoms with van der Waals surface area (Å²) in [5.74, 6) is -0.153. The summed E-state index contributed by atoms with van der Waals surface area (Å²) in [5, 5.41) is 4.57. The number of fused-ring (bicyclic) bond motifs is 2. The number of aromatic nitrogens is 1. The molecule has 0 spiro atoms. The topological polar surface area (TPSA) is 63.6 Å². The fraction of sp³-hybridized carbons (Fsp3) is 0.0645. The molecule has 5 aromatic rings. The van der Waals surface area contributed by atoms with Crippen molar-refractivity contribution in [1.29, 1.82) is 0 Å². The molecule has 2 heterocycles. The Morgan fingerprint density at radius 2 is 1.72 bits per heavy atom. The van der Waals surface area contributed by atoms with Gasteiger partial charge in [-0.15, -0.1) is 0 Å². The first-order valence-electron chi connectivity index (χ1n) is 12.3. The monoisotopic (exact) mass is 549 g/mol. The van der Waals surface area contributed by atoms with Gasteiger partial charge in [0.1, 0.15) is 5.75 Å². The number of nitrogens with one attached hydrogen (secondary N) is 1. The third-order valence-corrected chi connectivity index (χ3v) is 7.93. The van der Waals surface area contributed by atoms with E-state index in [0.717, 1.165) is 21.5 Å². The van der Waals surface area contributed by atoms with Crippen LogP contribution in [-0.2, 0) is 11.3 Å². The third kappa shape index (κ3) is 4.92. The van der Waals surface area contributed by atoms with E-state index in [2.05, 4.69) is 52.6 Å². The lowest BCUT2D eigenvalue weighted by molar-refractivity contribution is -0.123. The molecule has 192 valence electrons. The van der Waals surface area contributed by atoms with E-state index in [4.69, 9.17) is 17.0 Å². The van der Waals surface area contributed by atoms with Crippen LogP contribution in [0.1, 0.15) is 21.5 Å². The molecule has 6 nitrogen and oxygen atoms in total. The summed E-state index contributed by atoms with van der Waals surface area (Å²) in [5.41, 5.74) is 6.20. The van der Waals surface area contributed by atoms with Crippen LogP contribution in [0.5, 0.6) is 5.75 Å². The predicted octanol–water partition coefficient (Wildman–Crippen LogP) is 6.40. The van der Waals surface area contributed by atoms with Gasteiger partial charge in [-0.05, 0) is 71.0 Å². The molecule has 8 heteroatoms. The number of nitrogens with zero attached hydrogens (tertiary/aromatic N) is 2. The number of carbonyl (C=O) groups excluding carboxylic acids is 2. The van der Waals surface area contributed by atoms with Gasteiger partial charge in [0, 0.05) is 34.8 Å². The molecule has 1 aliphatic rings. The summed E-state index contributed by atoms with van der Waals surface area (Å²) < 4.78 is 7.60. The lowest BCUT2D eigenvalue weighted by atomic mass is 10.1. The van der Waals surface area contributed by atoms with Crippen LogP contribution in [0.3, 0.4) is 0 Å². The molecule has 1 aliphatic heterocycles. The van der Waals surface area contributed by atoms with Crippen LogP contribution in [0.15, 0.2) is 102 Å². The predicted molar refractivity (Wildman–Crippen MR) is 160 cm³/mol. The maximum Gasteiger partial charge on any atom is 0.285 e. The number of rotatable bonds is 6. The Morgan fingerprint density at radius 1 is 0.974 bits per heavy atom. The lowest BCUT2D eigenvalue weighted by Gasteiger charge is -2.15. The minimum atomic E-state index is -0.429. The first-order chi connectivity index (χ1) is 19.0. The van der Waals surface area contributed by atoms with Crippen molar-refractivity contribution < 1.29 is 14.3 Å². The molecule has 1 N–H and O–H groups in total. The average molecular weight is 550 g/mol. The molecular weight excluding hydrogens is 526 g/mol. The Kier molecular flexibility index (Phi) is 6.64. The number of hydrogen-bond donors (Lipinski definition) is 1. The number of amides is 2. The van der Waals surface area contributed by atoms with Crippen molar-refractivity contribution in [3.63, 3.8) is 0 Å². The summed E-state index contributed by atoms with van der Waals surface area (Å²) in [7, 11) is 1.56. The van der Waals surface area contributed by atoms with Gasteiger partial charge < -0.3 is 9.30 Å². The van der Waals surface area contributed by atoms with E-state index >= 15 is 0 Å². The van der Waals surface area contributed by atoms with Crippen molar-refractivity contribution in [3.8, 4) is 5.75 Å². The van der Waals surface area contributed by atoms with Crippen LogP contribution < -0.4 is 10.2 Å². The Bertz CT molecular complexity index is 1790. The van der Waals surface area contributed by atoms with E-state index in [9.17, 15) is 9.59 Å². The molecule has 0 aliphatic carbocycles. The van der Waals surface area contributed by atoms with Gasteiger partial charge in [-0.25, -0.2) is 0 Å². The van der Waals surface area contributed by atoms with Crippen molar-refractivity contribution in [1.82, 2.24) is 15.0 Å². The van der Waals surface area contributed by atoms with E-state index in [1.54, 1.807) is 31.4 Å². The fourth-order valence-electron chi connectivity index (χ4n) is 4.67. The number of hydrogen-bond acceptors (Lipinski definition) is 5. The van der Waals surface area contributed by atoms with Gasteiger partial charge in [-0.2, -0.15) is 5.01 Å². The van der Waals surface area contributed by atoms with E-state index in [1.165, 1.54) is 28.1 Å². The van der Waals surface area contributed by atoms with Gasteiger partial charge in [0.05, 0.1) is 12.0 Å². The molecule has 1 saturated heterocycles. The van der Waals surface area contributed by atoms with Crippen LogP contribution in [0.25, 0.3) is 27.8 Å². The number of methoxy groups -OCH3 is 1. The summed E-state index contributed by atoms with van der Waals surface area (Å²) in [4.78, 5) is 26.5. The van der Waals surface area contributed by atoms with Crippen molar-refractivity contribution in [2.45, 2.75) is 6.54 Å². The first kappa shape index (κ1) is 24.9. The molecule has 39 heavy (non-hydrogen) atoms. The standard InChI is InChI=1S/C31H23N3O3S2/c1-37-25-14-12-22(13-15-25)29(35)32-34-30(36)28(39-31(34)38)17-24-19-33(27-9-5-4-8-26(24)27)18-20-10-11-21-6-2-3-7-23(21)16-20/h2-17,19H,18H2,1H3,(H,32,35)/b28-17-. The largest absolute Gasteiger partial charge is 0.497 e. The second kappa shape index (κ2) is 10.4. The van der Waals surface area contributed by atoms with Crippen LogP contribution in [0.4, 0.5) is 0 Å². The van der Waals surface area contributed by atoms with E-state index in [1.807, 2.05) is 36.4 Å². The normalized spacial score (nSPS) is 14.5. The zero-order valence-electron chi connectivity index (χ0n) is 21.0. The number of para-hydroxylation sites is 1. The molecule has 1 fully saturated rings. The SMILES string of the molecule is COc1ccc(C(=O)NN2C(=O)/C(=C/c3cn(Cc4ccc5ccccc5c4)c4ccccc34)SC2=S)cc1. The Morgan fingerprint density at radius 3 is 2.51 bits per heavy atom. The molecule has 0 radical (unpaired) electrons. The van der Waals surface area contributed by atoms with Crippen molar-refractivity contribution >= 4 is 67.9 Å². The minimum Gasteiger partial charge on any atom is -0.497 e. The van der Waals surface area contributed by atoms with Crippen molar-refractivity contribution in [3.05, 3.63) is 119 Å². The quantitative estimate of drug-likeness (QED) is 0.196. The van der Waals surface area contributed by atoms with Crippen LogP contribution in [0, 0.1) is 0 Å². The van der Waals surface area contributed by atoms with Crippen LogP contribution in [0.2, 0.25) is 0 Å². The molecule has 6 rings (SSSR count). The lowest BCUT2D eigenvalue weighted by Crippen LogP contribution is -2.44. The average Bonchev–Trinajstić information content (AvgIpc) is 3.44. The van der Waals surface area contributed by atoms with Gasteiger partial charge >= 0.3 is 0 Å². The zero-order chi connectivity index (χ0) is 26.9. The molecule has 4 aromatic carbocycles. The van der Waals surface area contributed by atoms with Gasteiger partial charge in [0.25, 0.3) is 11.8 Å². The molecule has 1 aromatic heterocycles. The molecular formula is C31H23N3O3S2. The minimum absolute atomic E-state index is 0.271. The zero-order valence-corrected chi connectivity index (χ0v) is 22.6. The van der Waals surface area contributed by atoms with Gasteiger partial charge in [0.2, 0.25) is 0 Å². The summed E-state index contributed by atoms with van der Waals surface area (Å²) in [6.07, 6.45) is 3.90. The second-order valence-electron chi connectivity index (χ2n) is 9.10. The number of benzene rings is 4. The van der Waals surface area contributed by atoms with E-state index in [-0.39, 0.29) is 10.2 Å². The maximum atomic E-state index is 13.3. The number of thiocarbonyl (C=S) groups is 1. The smallest absolute Gasteiger partial charge is 0.285 e. The molecule has 2 amide bonds. The Hall–Kier alpha value is -4.40. The number of ether oxygens (including phenoxy) is 1. The molecule has 0 bridgehead atoms. The Balaban J connectivity index is 1.26. The van der Waals surface area contributed by atoms with Gasteiger partial charge in [-0.1, -0.05) is 66.4 Å². The van der Waals surface area contributed by atoms with Crippen LogP contribution in [-0.4, -0.2) is 32.8 Å². The summed E-state index contributed by atoms with van der Waals surface area (Å²) in [6, 6.07) is 29.6. The molecule has 0 unspecified atom stereocenters. The van der Waals surface area contributed by atoms with E-state index < -0.39 is 5.91 Å². The molecule has 0 atom stereocenters. The first-order valence-corrected chi connectivity index (χ1v) is 13.5. The highest BCUT2D eigenvalue weighted by molar-refractivity contribution is 8.26. The Labute approximate surface area is 234 Å². The highest BCUT2D eigenvalue weighted by Crippen LogP contribution is 2.34. The number of hydrazine groups is 1. The summed E-state index contributed by atoms with van der Waals surface area (Å²) >= 11 is 6.60. The van der Waals surface area contributed by atoms with Crippen molar-refractivity contribution in [2.75, 3.05) is 7.11 Å². The highest BCUT2D eigenvalue weighted by Gasteiger charge is 2.34. The molecule has 0 saturated carbocycles. The number of carbonyl (C=O) groups is 2. The highest BCUT2D eigenvalue weighted by atomic mass is 32.2. The van der Waals surface area contributed by atoms with Crippen LogP contribution >= 0.6 is 24.0 Å². The third-order valence-electron chi connectivity index (χ3n) is 6.63. The summed E-state index contributed by atoms with van der Waals surface area (Å²) in [6.45, 7) is 0.693. The van der Waals surface area contributed by atoms with E-state index in [0.29, 0.717) is 22.8 Å². The second-order valence-corrected chi connectivity index (χ2v) is 10.8.